The molecule has 1 aromatic carbocycles. The number of amides is 2. The van der Waals surface area contributed by atoms with Crippen LogP contribution in [0.15, 0.2) is 24.3 Å². The second kappa shape index (κ2) is 8.31. The summed E-state index contributed by atoms with van der Waals surface area (Å²) in [6, 6.07) is 6.56. The number of hydrogen-bond donors (Lipinski definition) is 1. The summed E-state index contributed by atoms with van der Waals surface area (Å²) in [6.45, 7) is 3.22. The predicted octanol–water partition coefficient (Wildman–Crippen LogP) is 1.51. The summed E-state index contributed by atoms with van der Waals surface area (Å²) in [5.74, 6) is -0.211. The van der Waals surface area contributed by atoms with Crippen molar-refractivity contribution in [3.63, 3.8) is 0 Å². The van der Waals surface area contributed by atoms with Crippen LogP contribution in [0.2, 0.25) is 0 Å². The summed E-state index contributed by atoms with van der Waals surface area (Å²) in [5, 5.41) is 3.00. The smallest absolute Gasteiger partial charge is 0.308 e. The molecule has 0 spiro atoms. The lowest BCUT2D eigenvalue weighted by Crippen LogP contribution is -2.49. The molecule has 26 heavy (non-hydrogen) atoms. The van der Waals surface area contributed by atoms with Crippen molar-refractivity contribution in [3.8, 4) is 5.75 Å². The van der Waals surface area contributed by atoms with Crippen LogP contribution in [0.5, 0.6) is 5.75 Å². The van der Waals surface area contributed by atoms with Gasteiger partial charge in [0.2, 0.25) is 0 Å². The summed E-state index contributed by atoms with van der Waals surface area (Å²) in [4.78, 5) is 37.6. The van der Waals surface area contributed by atoms with E-state index in [0.29, 0.717) is 43.9 Å². The molecule has 2 amide bonds. The Kier molecular flexibility index (Phi) is 5.88. The fraction of sp³-hybridized carbons (Fsp3) is 0.526. The second-order valence-electron chi connectivity index (χ2n) is 6.70. The molecule has 2 saturated heterocycles. The van der Waals surface area contributed by atoms with Crippen molar-refractivity contribution in [2.75, 3.05) is 19.7 Å². The van der Waals surface area contributed by atoms with Crippen LogP contribution in [0, 0.1) is 0 Å². The SMILES string of the molecule is CC(=O)Oc1cccc(C(=O)NC2CCN(C(=O)C3CCCO3)CC2)c1. The number of esters is 1. The summed E-state index contributed by atoms with van der Waals surface area (Å²) >= 11 is 0. The topological polar surface area (TPSA) is 84.9 Å². The lowest BCUT2D eigenvalue weighted by atomic mass is 10.0. The van der Waals surface area contributed by atoms with E-state index in [9.17, 15) is 14.4 Å². The number of nitrogens with zero attached hydrogens (tertiary/aromatic N) is 1. The van der Waals surface area contributed by atoms with E-state index in [0.717, 1.165) is 12.8 Å². The Bertz CT molecular complexity index is 676. The maximum Gasteiger partial charge on any atom is 0.308 e. The zero-order valence-electron chi connectivity index (χ0n) is 14.9. The summed E-state index contributed by atoms with van der Waals surface area (Å²) in [5.41, 5.74) is 0.446. The van der Waals surface area contributed by atoms with Crippen LogP contribution in [0.3, 0.4) is 0 Å². The van der Waals surface area contributed by atoms with Crippen LogP contribution >= 0.6 is 0 Å². The molecule has 2 aliphatic rings. The average molecular weight is 360 g/mol. The molecule has 0 aliphatic carbocycles. The number of likely N-dealkylation sites (tertiary alicyclic amines) is 1. The molecule has 0 bridgehead atoms. The highest BCUT2D eigenvalue weighted by Crippen LogP contribution is 2.19. The summed E-state index contributed by atoms with van der Waals surface area (Å²) < 4.78 is 10.5. The minimum absolute atomic E-state index is 0.0217. The normalized spacial score (nSPS) is 20.7. The first-order valence-corrected chi connectivity index (χ1v) is 9.02. The number of benzene rings is 1. The van der Waals surface area contributed by atoms with Gasteiger partial charge in [-0.05, 0) is 43.9 Å². The highest BCUT2D eigenvalue weighted by Gasteiger charge is 2.31. The van der Waals surface area contributed by atoms with Gasteiger partial charge in [-0.1, -0.05) is 6.07 Å². The van der Waals surface area contributed by atoms with E-state index in [2.05, 4.69) is 5.32 Å². The third kappa shape index (κ3) is 4.60. The minimum atomic E-state index is -0.425. The van der Waals surface area contributed by atoms with Gasteiger partial charge >= 0.3 is 5.97 Å². The molecule has 0 radical (unpaired) electrons. The van der Waals surface area contributed by atoms with Crippen molar-refractivity contribution >= 4 is 17.8 Å². The standard InChI is InChI=1S/C19H24N2O5/c1-13(22)26-16-5-2-4-14(12-16)18(23)20-15-7-9-21(10-8-15)19(24)17-6-3-11-25-17/h2,4-5,12,15,17H,3,6-11H2,1H3,(H,20,23). The number of piperidine rings is 1. The Labute approximate surface area is 152 Å². The van der Waals surface area contributed by atoms with Gasteiger partial charge in [0.1, 0.15) is 11.9 Å². The van der Waals surface area contributed by atoms with E-state index in [1.54, 1.807) is 24.3 Å². The molecule has 3 rings (SSSR count). The van der Waals surface area contributed by atoms with Crippen molar-refractivity contribution in [1.29, 1.82) is 0 Å². The van der Waals surface area contributed by atoms with Gasteiger partial charge < -0.3 is 19.7 Å². The third-order valence-corrected chi connectivity index (χ3v) is 4.70. The monoisotopic (exact) mass is 360 g/mol. The molecular formula is C19H24N2O5. The molecule has 2 heterocycles. The van der Waals surface area contributed by atoms with Gasteiger partial charge in [-0.3, -0.25) is 14.4 Å². The van der Waals surface area contributed by atoms with Gasteiger partial charge in [0, 0.05) is 38.2 Å². The lowest BCUT2D eigenvalue weighted by molar-refractivity contribution is -0.142. The van der Waals surface area contributed by atoms with Gasteiger partial charge in [-0.15, -0.1) is 0 Å². The van der Waals surface area contributed by atoms with Crippen LogP contribution in [0.25, 0.3) is 0 Å². The highest BCUT2D eigenvalue weighted by molar-refractivity contribution is 5.95. The van der Waals surface area contributed by atoms with Crippen molar-refractivity contribution in [2.24, 2.45) is 0 Å². The van der Waals surface area contributed by atoms with Gasteiger partial charge in [-0.2, -0.15) is 0 Å². The first-order chi connectivity index (χ1) is 12.5. The lowest BCUT2D eigenvalue weighted by Gasteiger charge is -2.33. The Balaban J connectivity index is 1.50. The van der Waals surface area contributed by atoms with E-state index in [1.165, 1.54) is 6.92 Å². The first kappa shape index (κ1) is 18.4. The van der Waals surface area contributed by atoms with Crippen LogP contribution < -0.4 is 10.1 Å². The van der Waals surface area contributed by atoms with E-state index in [-0.39, 0.29) is 24.0 Å². The van der Waals surface area contributed by atoms with Gasteiger partial charge in [0.05, 0.1) is 0 Å². The molecule has 2 fully saturated rings. The molecular weight excluding hydrogens is 336 g/mol. The number of nitrogens with one attached hydrogen (secondary N) is 1. The number of carbonyl (C=O) groups is 3. The Morgan fingerprint density at radius 1 is 1.19 bits per heavy atom. The minimum Gasteiger partial charge on any atom is -0.427 e. The highest BCUT2D eigenvalue weighted by atomic mass is 16.5. The van der Waals surface area contributed by atoms with Gasteiger partial charge in [0.15, 0.2) is 0 Å². The largest absolute Gasteiger partial charge is 0.427 e. The summed E-state index contributed by atoms with van der Waals surface area (Å²) in [7, 11) is 0. The molecule has 1 unspecified atom stereocenters. The number of hydrogen-bond acceptors (Lipinski definition) is 5. The van der Waals surface area contributed by atoms with E-state index in [4.69, 9.17) is 9.47 Å². The molecule has 1 aromatic rings. The zero-order valence-corrected chi connectivity index (χ0v) is 14.9. The molecule has 2 aliphatic heterocycles. The fourth-order valence-corrected chi connectivity index (χ4v) is 3.36. The Hall–Kier alpha value is -2.41. The average Bonchev–Trinajstić information content (AvgIpc) is 3.16. The maximum absolute atomic E-state index is 12.4. The summed E-state index contributed by atoms with van der Waals surface area (Å²) in [6.07, 6.45) is 2.88. The van der Waals surface area contributed by atoms with E-state index in [1.807, 2.05) is 4.90 Å². The molecule has 7 nitrogen and oxygen atoms in total. The van der Waals surface area contributed by atoms with E-state index >= 15 is 0 Å². The van der Waals surface area contributed by atoms with Crippen LogP contribution in [0.4, 0.5) is 0 Å². The number of carbonyl (C=O) groups excluding carboxylic acids is 3. The molecule has 1 atom stereocenters. The van der Waals surface area contributed by atoms with Crippen LogP contribution in [-0.4, -0.2) is 54.5 Å². The van der Waals surface area contributed by atoms with Crippen molar-refractivity contribution < 1.29 is 23.9 Å². The maximum atomic E-state index is 12.4. The number of ether oxygens (including phenoxy) is 2. The first-order valence-electron chi connectivity index (χ1n) is 9.02. The fourth-order valence-electron chi connectivity index (χ4n) is 3.36. The quantitative estimate of drug-likeness (QED) is 0.650. The zero-order chi connectivity index (χ0) is 18.5. The molecule has 7 heteroatoms. The van der Waals surface area contributed by atoms with E-state index < -0.39 is 5.97 Å². The van der Waals surface area contributed by atoms with Crippen LogP contribution in [-0.2, 0) is 14.3 Å². The van der Waals surface area contributed by atoms with Crippen molar-refractivity contribution in [1.82, 2.24) is 10.2 Å². The van der Waals surface area contributed by atoms with Gasteiger partial charge in [-0.25, -0.2) is 0 Å². The van der Waals surface area contributed by atoms with Crippen LogP contribution in [0.1, 0.15) is 43.0 Å². The third-order valence-electron chi connectivity index (χ3n) is 4.70. The molecule has 0 aromatic heterocycles. The molecule has 0 saturated carbocycles. The number of rotatable bonds is 4. The van der Waals surface area contributed by atoms with Gasteiger partial charge in [0.25, 0.3) is 11.8 Å². The van der Waals surface area contributed by atoms with Crippen molar-refractivity contribution in [2.45, 2.75) is 44.8 Å². The Morgan fingerprint density at radius 3 is 2.62 bits per heavy atom. The molecule has 140 valence electrons. The second-order valence-corrected chi connectivity index (χ2v) is 6.70. The predicted molar refractivity (Wildman–Crippen MR) is 93.8 cm³/mol. The Morgan fingerprint density at radius 2 is 1.96 bits per heavy atom. The van der Waals surface area contributed by atoms with Crippen molar-refractivity contribution in [3.05, 3.63) is 29.8 Å². The molecule has 1 N–H and O–H groups in total.